The summed E-state index contributed by atoms with van der Waals surface area (Å²) in [5.41, 5.74) is 1.06. The number of hydrogen-bond acceptors (Lipinski definition) is 5. The third kappa shape index (κ3) is 3.98. The largest absolute Gasteiger partial charge is 0.469 e. The van der Waals surface area contributed by atoms with E-state index in [9.17, 15) is 14.4 Å². The number of rotatable bonds is 6. The number of aromatic nitrogens is 1. The topological polar surface area (TPSA) is 80.6 Å². The van der Waals surface area contributed by atoms with Crippen LogP contribution in [0.25, 0.3) is 0 Å². The first kappa shape index (κ1) is 18.6. The van der Waals surface area contributed by atoms with E-state index in [1.54, 1.807) is 6.07 Å². The first-order valence-electron chi connectivity index (χ1n) is 9.24. The Morgan fingerprint density at radius 3 is 2.85 bits per heavy atom. The van der Waals surface area contributed by atoms with Crippen LogP contribution in [0.3, 0.4) is 0 Å². The lowest BCUT2D eigenvalue weighted by Gasteiger charge is -2.47. The summed E-state index contributed by atoms with van der Waals surface area (Å²) in [5, 5.41) is 2.89. The standard InChI is InChI=1S/C19H27N3O4/c1-13(23)20-10-17-15-9-14(16-5-3-6-18(24)22(16)17)11-21(12-15)8-4-7-19(25)26-2/h3,5-6,14-15,17H,4,7-12H2,1-2H3,(H,20,23)/t14-,15+,17+/m1/s1. The highest BCUT2D eigenvalue weighted by Gasteiger charge is 2.40. The van der Waals surface area contributed by atoms with Crippen LogP contribution in [0, 0.1) is 5.92 Å². The second-order valence-corrected chi connectivity index (χ2v) is 7.30. The Morgan fingerprint density at radius 1 is 1.31 bits per heavy atom. The Kier molecular flexibility index (Phi) is 5.76. The molecule has 3 heterocycles. The van der Waals surface area contributed by atoms with E-state index in [1.165, 1.54) is 14.0 Å². The second kappa shape index (κ2) is 8.03. The maximum atomic E-state index is 12.5. The predicted molar refractivity (Wildman–Crippen MR) is 97.0 cm³/mol. The molecule has 1 aromatic rings. The number of carbonyl (C=O) groups excluding carboxylic acids is 2. The molecule has 0 aromatic carbocycles. The van der Waals surface area contributed by atoms with Gasteiger partial charge in [-0.2, -0.15) is 0 Å². The summed E-state index contributed by atoms with van der Waals surface area (Å²) in [4.78, 5) is 37.6. The van der Waals surface area contributed by atoms with Crippen molar-refractivity contribution in [2.24, 2.45) is 5.92 Å². The monoisotopic (exact) mass is 361 g/mol. The van der Waals surface area contributed by atoms with Crippen molar-refractivity contribution in [1.29, 1.82) is 0 Å². The maximum absolute atomic E-state index is 12.5. The lowest BCUT2D eigenvalue weighted by atomic mass is 9.78. The number of hydrogen-bond donors (Lipinski definition) is 1. The Bertz CT molecular complexity index is 730. The fourth-order valence-electron chi connectivity index (χ4n) is 4.38. The molecule has 2 aliphatic rings. The molecule has 1 fully saturated rings. The average Bonchev–Trinajstić information content (AvgIpc) is 2.61. The number of pyridine rings is 1. The molecule has 7 heteroatoms. The molecule has 0 spiro atoms. The second-order valence-electron chi connectivity index (χ2n) is 7.30. The van der Waals surface area contributed by atoms with Gasteiger partial charge in [0.25, 0.3) is 5.56 Å². The first-order valence-corrected chi connectivity index (χ1v) is 9.24. The van der Waals surface area contributed by atoms with E-state index in [-0.39, 0.29) is 23.5 Å². The van der Waals surface area contributed by atoms with Crippen molar-refractivity contribution in [3.05, 3.63) is 34.2 Å². The third-order valence-electron chi connectivity index (χ3n) is 5.52. The van der Waals surface area contributed by atoms with Crippen LogP contribution < -0.4 is 10.9 Å². The van der Waals surface area contributed by atoms with Gasteiger partial charge in [0, 0.05) is 50.7 Å². The maximum Gasteiger partial charge on any atom is 0.305 e. The van der Waals surface area contributed by atoms with Gasteiger partial charge in [-0.25, -0.2) is 0 Å². The Balaban J connectivity index is 1.77. The van der Waals surface area contributed by atoms with E-state index in [0.717, 1.165) is 38.2 Å². The van der Waals surface area contributed by atoms with Gasteiger partial charge in [0.1, 0.15) is 0 Å². The normalized spacial score (nSPS) is 24.6. The zero-order valence-electron chi connectivity index (χ0n) is 15.4. The highest BCUT2D eigenvalue weighted by atomic mass is 16.5. The minimum absolute atomic E-state index is 0.00620. The van der Waals surface area contributed by atoms with Gasteiger partial charge >= 0.3 is 5.97 Å². The van der Waals surface area contributed by atoms with Crippen molar-refractivity contribution in [1.82, 2.24) is 14.8 Å². The van der Waals surface area contributed by atoms with Crippen LogP contribution in [0.2, 0.25) is 0 Å². The van der Waals surface area contributed by atoms with Crippen LogP contribution in [-0.4, -0.2) is 54.6 Å². The van der Waals surface area contributed by atoms with Gasteiger partial charge in [0.15, 0.2) is 0 Å². The Morgan fingerprint density at radius 2 is 2.12 bits per heavy atom. The van der Waals surface area contributed by atoms with Gasteiger partial charge in [0.05, 0.1) is 13.2 Å². The van der Waals surface area contributed by atoms with Gasteiger partial charge in [-0.1, -0.05) is 6.07 Å². The number of fused-ring (bicyclic) bond motifs is 4. The average molecular weight is 361 g/mol. The number of amides is 1. The van der Waals surface area contributed by atoms with Crippen molar-refractivity contribution >= 4 is 11.9 Å². The lowest BCUT2D eigenvalue weighted by Crippen LogP contribution is -2.52. The number of ether oxygens (including phenoxy) is 1. The van der Waals surface area contributed by atoms with Crippen molar-refractivity contribution in [3.8, 4) is 0 Å². The van der Waals surface area contributed by atoms with Crippen LogP contribution in [0.5, 0.6) is 0 Å². The molecular weight excluding hydrogens is 334 g/mol. The number of piperidine rings is 1. The van der Waals surface area contributed by atoms with Crippen LogP contribution in [0.15, 0.2) is 23.0 Å². The Labute approximate surface area is 153 Å². The van der Waals surface area contributed by atoms with Crippen molar-refractivity contribution in [2.75, 3.05) is 33.3 Å². The summed E-state index contributed by atoms with van der Waals surface area (Å²) in [6, 6.07) is 5.42. The zero-order valence-corrected chi connectivity index (χ0v) is 15.4. The van der Waals surface area contributed by atoms with Gasteiger partial charge in [-0.05, 0) is 31.4 Å². The molecule has 1 N–H and O–H groups in total. The molecule has 1 saturated heterocycles. The van der Waals surface area contributed by atoms with Gasteiger partial charge in [-0.15, -0.1) is 0 Å². The molecule has 0 radical (unpaired) electrons. The smallest absolute Gasteiger partial charge is 0.305 e. The molecule has 1 aromatic heterocycles. The molecular formula is C19H27N3O4. The molecule has 142 valence electrons. The summed E-state index contributed by atoms with van der Waals surface area (Å²) in [6.45, 7) is 4.59. The van der Waals surface area contributed by atoms with E-state index < -0.39 is 0 Å². The number of methoxy groups -OCH3 is 1. The van der Waals surface area contributed by atoms with Gasteiger partial charge < -0.3 is 19.5 Å². The predicted octanol–water partition coefficient (Wildman–Crippen LogP) is 0.898. The summed E-state index contributed by atoms with van der Waals surface area (Å²) in [7, 11) is 1.41. The molecule has 0 saturated carbocycles. The van der Waals surface area contributed by atoms with E-state index in [2.05, 4.69) is 10.2 Å². The van der Waals surface area contributed by atoms with Crippen LogP contribution >= 0.6 is 0 Å². The summed E-state index contributed by atoms with van der Waals surface area (Å²) >= 11 is 0. The van der Waals surface area contributed by atoms with Crippen molar-refractivity contribution < 1.29 is 14.3 Å². The third-order valence-corrected chi connectivity index (χ3v) is 5.52. The lowest BCUT2D eigenvalue weighted by molar-refractivity contribution is -0.140. The first-order chi connectivity index (χ1) is 12.5. The number of likely N-dealkylation sites (tertiary alicyclic amines) is 1. The van der Waals surface area contributed by atoms with Gasteiger partial charge in [-0.3, -0.25) is 14.4 Å². The molecule has 3 atom stereocenters. The fourth-order valence-corrected chi connectivity index (χ4v) is 4.38. The minimum atomic E-state index is -0.178. The minimum Gasteiger partial charge on any atom is -0.469 e. The molecule has 1 amide bonds. The molecule has 3 rings (SSSR count). The van der Waals surface area contributed by atoms with Crippen LogP contribution in [0.1, 0.15) is 43.8 Å². The van der Waals surface area contributed by atoms with Crippen molar-refractivity contribution in [2.45, 2.75) is 38.1 Å². The van der Waals surface area contributed by atoms with Crippen LogP contribution in [-0.2, 0) is 14.3 Å². The molecule has 0 unspecified atom stereocenters. The molecule has 2 bridgehead atoms. The highest BCUT2D eigenvalue weighted by molar-refractivity contribution is 5.72. The number of nitrogens with zero attached hydrogens (tertiary/aromatic N) is 2. The Hall–Kier alpha value is -2.15. The van der Waals surface area contributed by atoms with E-state index >= 15 is 0 Å². The van der Waals surface area contributed by atoms with E-state index in [4.69, 9.17) is 4.74 Å². The quantitative estimate of drug-likeness (QED) is 0.762. The molecule has 2 aliphatic heterocycles. The molecule has 26 heavy (non-hydrogen) atoms. The molecule has 7 nitrogen and oxygen atoms in total. The number of esters is 1. The van der Waals surface area contributed by atoms with Gasteiger partial charge in [0.2, 0.25) is 5.91 Å². The SMILES string of the molecule is COC(=O)CCCN1C[C@H]2C[C@@H](C1)[C@H](CNC(C)=O)n1c2cccc1=O. The number of nitrogens with one attached hydrogen (secondary N) is 1. The summed E-state index contributed by atoms with van der Waals surface area (Å²) in [5.74, 6) is 0.367. The summed E-state index contributed by atoms with van der Waals surface area (Å²) < 4.78 is 6.60. The van der Waals surface area contributed by atoms with E-state index in [1.807, 2.05) is 16.7 Å². The fraction of sp³-hybridized carbons (Fsp3) is 0.632. The zero-order chi connectivity index (χ0) is 18.7. The van der Waals surface area contributed by atoms with Crippen molar-refractivity contribution in [3.63, 3.8) is 0 Å². The highest BCUT2D eigenvalue weighted by Crippen LogP contribution is 2.40. The van der Waals surface area contributed by atoms with E-state index in [0.29, 0.717) is 24.8 Å². The molecule has 0 aliphatic carbocycles. The van der Waals surface area contributed by atoms with Crippen LogP contribution in [0.4, 0.5) is 0 Å². The summed E-state index contributed by atoms with van der Waals surface area (Å²) in [6.07, 6.45) is 2.22. The number of carbonyl (C=O) groups is 2.